The molecule has 0 aliphatic rings. The fourth-order valence-electron chi connectivity index (χ4n) is 2.25. The van der Waals surface area contributed by atoms with E-state index in [0.717, 1.165) is 0 Å². The summed E-state index contributed by atoms with van der Waals surface area (Å²) in [6.45, 7) is 0. The molecule has 1 heterocycles. The number of aromatic amines is 1. The third-order valence-corrected chi connectivity index (χ3v) is 6.50. The zero-order valence-corrected chi connectivity index (χ0v) is 15.9. The van der Waals surface area contributed by atoms with Gasteiger partial charge < -0.3 is 4.98 Å². The largest absolute Gasteiger partial charge is 0.327 e. The van der Waals surface area contributed by atoms with Crippen LogP contribution in [0, 0.1) is 0 Å². The van der Waals surface area contributed by atoms with Crippen molar-refractivity contribution >= 4 is 72.9 Å². The summed E-state index contributed by atoms with van der Waals surface area (Å²) in [6.07, 6.45) is 1.36. The highest BCUT2D eigenvalue weighted by Gasteiger charge is 2.24. The van der Waals surface area contributed by atoms with Gasteiger partial charge in [0.25, 0.3) is 15.6 Å². The number of nitrogens with one attached hydrogen (secondary N) is 2. The zero-order valence-electron chi connectivity index (χ0n) is 12.1. The summed E-state index contributed by atoms with van der Waals surface area (Å²) in [7, 11) is -4.13. The molecule has 0 saturated heterocycles. The molecule has 2 N–H and O–H groups in total. The number of rotatable bonds is 3. The number of aromatic nitrogens is 1. The molecule has 25 heavy (non-hydrogen) atoms. The van der Waals surface area contributed by atoms with Crippen LogP contribution in [-0.4, -0.2) is 13.4 Å². The summed E-state index contributed by atoms with van der Waals surface area (Å²) >= 11 is 23.8. The van der Waals surface area contributed by atoms with Gasteiger partial charge in [0.1, 0.15) is 4.90 Å². The Hall–Kier alpha value is -1.44. The first kappa shape index (κ1) is 18.4. The molecule has 0 atom stereocenters. The van der Waals surface area contributed by atoms with Crippen molar-refractivity contribution in [3.8, 4) is 0 Å². The van der Waals surface area contributed by atoms with Gasteiger partial charge >= 0.3 is 0 Å². The highest BCUT2D eigenvalue weighted by atomic mass is 35.5. The van der Waals surface area contributed by atoms with Crippen molar-refractivity contribution < 1.29 is 8.42 Å². The lowest BCUT2D eigenvalue weighted by molar-refractivity contribution is 0.601. The van der Waals surface area contributed by atoms with Crippen molar-refractivity contribution in [3.05, 3.63) is 67.0 Å². The lowest BCUT2D eigenvalue weighted by Crippen LogP contribution is -2.15. The second-order valence-electron chi connectivity index (χ2n) is 5.00. The van der Waals surface area contributed by atoms with Gasteiger partial charge in [-0.25, -0.2) is 8.42 Å². The van der Waals surface area contributed by atoms with E-state index in [1.807, 2.05) is 0 Å². The van der Waals surface area contributed by atoms with Gasteiger partial charge in [0.2, 0.25) is 0 Å². The molecule has 3 rings (SSSR count). The Morgan fingerprint density at radius 1 is 0.880 bits per heavy atom. The van der Waals surface area contributed by atoms with Gasteiger partial charge in [-0.15, -0.1) is 0 Å². The number of fused-ring (bicyclic) bond motifs is 1. The minimum Gasteiger partial charge on any atom is -0.327 e. The fourth-order valence-corrected chi connectivity index (χ4v) is 4.87. The van der Waals surface area contributed by atoms with Gasteiger partial charge in [0.05, 0.1) is 25.5 Å². The van der Waals surface area contributed by atoms with E-state index in [1.165, 1.54) is 36.5 Å². The summed E-state index contributed by atoms with van der Waals surface area (Å²) in [6, 6.07) is 7.09. The topological polar surface area (TPSA) is 79.0 Å². The molecule has 0 saturated carbocycles. The highest BCUT2D eigenvalue weighted by molar-refractivity contribution is 7.93. The predicted molar refractivity (Wildman–Crippen MR) is 102 cm³/mol. The number of halogens is 4. The summed E-state index contributed by atoms with van der Waals surface area (Å²) in [5, 5.41) is 0.841. The summed E-state index contributed by atoms with van der Waals surface area (Å²) < 4.78 is 27.6. The van der Waals surface area contributed by atoms with E-state index in [9.17, 15) is 13.2 Å². The summed E-state index contributed by atoms with van der Waals surface area (Å²) in [5.41, 5.74) is -0.258. The Bertz CT molecular complexity index is 1160. The van der Waals surface area contributed by atoms with Gasteiger partial charge in [-0.3, -0.25) is 9.52 Å². The maximum Gasteiger partial charge on any atom is 0.264 e. The van der Waals surface area contributed by atoms with Gasteiger partial charge in [-0.1, -0.05) is 52.5 Å². The molecule has 0 aliphatic carbocycles. The molecule has 0 radical (unpaired) electrons. The number of H-pyrrole nitrogens is 1. The van der Waals surface area contributed by atoms with E-state index in [0.29, 0.717) is 10.4 Å². The second-order valence-corrected chi connectivity index (χ2v) is 8.22. The van der Waals surface area contributed by atoms with Gasteiger partial charge in [-0.2, -0.15) is 0 Å². The number of anilines is 1. The monoisotopic (exact) mass is 436 g/mol. The van der Waals surface area contributed by atoms with Gasteiger partial charge in [-0.05, 0) is 24.3 Å². The number of hydrogen-bond acceptors (Lipinski definition) is 3. The van der Waals surface area contributed by atoms with Crippen LogP contribution in [0.5, 0.6) is 0 Å². The average molecular weight is 438 g/mol. The molecule has 0 aliphatic heterocycles. The molecule has 5 nitrogen and oxygen atoms in total. The van der Waals surface area contributed by atoms with Crippen molar-refractivity contribution in [3.63, 3.8) is 0 Å². The van der Waals surface area contributed by atoms with Crippen molar-refractivity contribution in [2.45, 2.75) is 4.90 Å². The summed E-state index contributed by atoms with van der Waals surface area (Å²) in [4.78, 5) is 14.0. The Morgan fingerprint density at radius 3 is 2.28 bits per heavy atom. The molecule has 0 bridgehead atoms. The molecular formula is C15H8Cl4N2O3S. The number of sulfonamides is 1. The zero-order chi connectivity index (χ0) is 18.4. The first-order chi connectivity index (χ1) is 11.7. The molecule has 0 fully saturated rings. The Kier molecular flexibility index (Phi) is 4.92. The van der Waals surface area contributed by atoms with E-state index in [2.05, 4.69) is 9.71 Å². The normalized spacial score (nSPS) is 11.7. The minimum atomic E-state index is -4.13. The molecule has 0 amide bonds. The Balaban J connectivity index is 2.11. The molecule has 0 spiro atoms. The molecular weight excluding hydrogens is 430 g/mol. The highest BCUT2D eigenvalue weighted by Crippen LogP contribution is 2.36. The third kappa shape index (κ3) is 3.45. The second kappa shape index (κ2) is 6.70. The molecule has 0 unspecified atom stereocenters. The van der Waals surface area contributed by atoms with Crippen LogP contribution in [0.1, 0.15) is 0 Å². The van der Waals surface area contributed by atoms with Crippen LogP contribution >= 0.6 is 46.4 Å². The van der Waals surface area contributed by atoms with Crippen LogP contribution in [0.2, 0.25) is 20.1 Å². The molecule has 10 heteroatoms. The molecule has 2 aromatic carbocycles. The van der Waals surface area contributed by atoms with Crippen molar-refractivity contribution in [1.82, 2.24) is 4.98 Å². The number of hydrogen-bond donors (Lipinski definition) is 2. The molecule has 130 valence electrons. The maximum atomic E-state index is 12.6. The van der Waals surface area contributed by atoms with Gasteiger partial charge in [0.15, 0.2) is 0 Å². The third-order valence-electron chi connectivity index (χ3n) is 3.37. The predicted octanol–water partition coefficient (Wildman–Crippen LogP) is 4.94. The van der Waals surface area contributed by atoms with E-state index in [4.69, 9.17) is 46.4 Å². The van der Waals surface area contributed by atoms with Crippen molar-refractivity contribution in [2.75, 3.05) is 4.72 Å². The molecule has 1 aromatic heterocycles. The van der Waals surface area contributed by atoms with E-state index in [1.54, 1.807) is 0 Å². The van der Waals surface area contributed by atoms with Crippen LogP contribution in [0.3, 0.4) is 0 Å². The van der Waals surface area contributed by atoms with Crippen molar-refractivity contribution in [2.24, 2.45) is 0 Å². The average Bonchev–Trinajstić information content (AvgIpc) is 2.54. The Labute approximate surface area is 162 Å². The van der Waals surface area contributed by atoms with Crippen molar-refractivity contribution in [1.29, 1.82) is 0 Å². The lowest BCUT2D eigenvalue weighted by Gasteiger charge is -2.12. The van der Waals surface area contributed by atoms with E-state index >= 15 is 0 Å². The number of pyridine rings is 1. The molecule has 3 aromatic rings. The first-order valence-corrected chi connectivity index (χ1v) is 9.67. The quantitative estimate of drug-likeness (QED) is 0.569. The van der Waals surface area contributed by atoms with Crippen LogP contribution in [0.15, 0.2) is 46.2 Å². The van der Waals surface area contributed by atoms with E-state index < -0.39 is 15.6 Å². The van der Waals surface area contributed by atoms with Crippen LogP contribution in [-0.2, 0) is 10.0 Å². The van der Waals surface area contributed by atoms with Crippen LogP contribution in [0.4, 0.5) is 5.69 Å². The maximum absolute atomic E-state index is 12.6. The van der Waals surface area contributed by atoms with Gasteiger partial charge in [0, 0.05) is 17.3 Å². The SMILES string of the molecule is O=c1[nH]cc(Cl)c2ccc(NS(=O)(=O)c3c(Cl)ccc(Cl)c3Cl)cc12. The minimum absolute atomic E-state index is 0.0492. The van der Waals surface area contributed by atoms with Crippen LogP contribution < -0.4 is 10.3 Å². The lowest BCUT2D eigenvalue weighted by atomic mass is 10.1. The summed E-state index contributed by atoms with van der Waals surface area (Å²) in [5.74, 6) is 0. The van der Waals surface area contributed by atoms with E-state index in [-0.39, 0.29) is 31.0 Å². The fraction of sp³-hybridized carbons (Fsp3) is 0. The van der Waals surface area contributed by atoms with Crippen LogP contribution in [0.25, 0.3) is 10.8 Å². The first-order valence-electron chi connectivity index (χ1n) is 6.68. The smallest absolute Gasteiger partial charge is 0.264 e. The number of benzene rings is 2. The Morgan fingerprint density at radius 2 is 1.56 bits per heavy atom. The standard InChI is InChI=1S/C15H8Cl4N2O3S/c16-10-3-4-11(17)14(13(10)19)25(23,24)21-7-1-2-8-9(5-7)15(22)20-6-12(8)18/h1-6,21H,(H,20,22).